The molecule has 0 amide bonds. The van der Waals surface area contributed by atoms with E-state index in [0.717, 1.165) is 39.1 Å². The Morgan fingerprint density at radius 3 is 1.21 bits per heavy atom. The number of hydrogen-bond donors (Lipinski definition) is 7. The molecular formula is C30H28O10P2. The summed E-state index contributed by atoms with van der Waals surface area (Å²) >= 11 is 0. The summed E-state index contributed by atoms with van der Waals surface area (Å²) in [5.74, 6) is 1.67. The van der Waals surface area contributed by atoms with Gasteiger partial charge in [0.1, 0.15) is 17.2 Å². The Bertz CT molecular complexity index is 1620. The Morgan fingerprint density at radius 2 is 0.810 bits per heavy atom. The van der Waals surface area contributed by atoms with Gasteiger partial charge in [0, 0.05) is 16.7 Å². The third kappa shape index (κ3) is 10.7. The molecule has 0 spiro atoms. The Hall–Kier alpha value is -4.08. The van der Waals surface area contributed by atoms with Crippen molar-refractivity contribution in [3.8, 4) is 50.6 Å². The molecule has 0 aliphatic rings. The largest absolute Gasteiger partial charge is 0.507 e. The normalized spacial score (nSPS) is 10.9. The van der Waals surface area contributed by atoms with Crippen LogP contribution in [0, 0.1) is 0 Å². The highest BCUT2D eigenvalue weighted by molar-refractivity contribution is 7.45. The number of phenols is 1. The highest BCUT2D eigenvalue weighted by Gasteiger charge is 2.23. The first-order valence-corrected chi connectivity index (χ1v) is 15.3. The number of ether oxygens (including phenoxy) is 1. The molecular weight excluding hydrogens is 582 g/mol. The molecule has 0 aromatic heterocycles. The summed E-state index contributed by atoms with van der Waals surface area (Å²) < 4.78 is 24.3. The number of phenolic OH excluding ortho intramolecular Hbond substituents is 1. The smallest absolute Gasteiger partial charge is 0.466 e. The van der Waals surface area contributed by atoms with Crippen molar-refractivity contribution >= 4 is 15.6 Å². The van der Waals surface area contributed by atoms with Crippen LogP contribution in [0.5, 0.6) is 17.2 Å². The standard InChI is InChI=1S/C30H22O2.2H3O4P/c31-27-21-26(22-13-5-1-6-14-22)30(32-25-19-11-4-12-20-25)29(24-17-9-3-10-18-24)28(27)23-15-7-2-8-16-23;2*1-5(2,3)4/h1-21,31H;2*(H3,1,2,3,4). The van der Waals surface area contributed by atoms with Gasteiger partial charge in [-0.2, -0.15) is 0 Å². The molecule has 0 aliphatic heterocycles. The fourth-order valence-corrected chi connectivity index (χ4v) is 3.97. The molecule has 0 bridgehead atoms. The summed E-state index contributed by atoms with van der Waals surface area (Å²) in [4.78, 5) is 43.1. The third-order valence-electron chi connectivity index (χ3n) is 5.43. The first-order valence-electron chi connectivity index (χ1n) is 12.2. The lowest BCUT2D eigenvalue weighted by Gasteiger charge is -2.21. The maximum atomic E-state index is 11.3. The molecule has 5 aromatic carbocycles. The van der Waals surface area contributed by atoms with Gasteiger partial charge in [0.15, 0.2) is 0 Å². The molecule has 10 nitrogen and oxygen atoms in total. The van der Waals surface area contributed by atoms with Crippen LogP contribution in [0.4, 0.5) is 0 Å². The van der Waals surface area contributed by atoms with Crippen LogP contribution in [-0.4, -0.2) is 34.5 Å². The number of para-hydroxylation sites is 1. The second kappa shape index (κ2) is 14.7. The summed E-state index contributed by atoms with van der Waals surface area (Å²) in [7, 11) is -9.28. The fourth-order valence-electron chi connectivity index (χ4n) is 3.97. The molecule has 0 unspecified atom stereocenters. The molecule has 0 radical (unpaired) electrons. The summed E-state index contributed by atoms with van der Waals surface area (Å²) in [6.07, 6.45) is 0. The Kier molecular flexibility index (Phi) is 11.4. The Labute approximate surface area is 241 Å². The zero-order valence-electron chi connectivity index (χ0n) is 21.9. The van der Waals surface area contributed by atoms with E-state index in [1.54, 1.807) is 0 Å². The van der Waals surface area contributed by atoms with Crippen molar-refractivity contribution in [3.63, 3.8) is 0 Å². The minimum absolute atomic E-state index is 0.217. The van der Waals surface area contributed by atoms with Crippen molar-refractivity contribution in [2.45, 2.75) is 0 Å². The number of hydrogen-bond acceptors (Lipinski definition) is 4. The average molecular weight is 610 g/mol. The van der Waals surface area contributed by atoms with Gasteiger partial charge in [0.05, 0.1) is 0 Å². The topological polar surface area (TPSA) is 185 Å². The van der Waals surface area contributed by atoms with Crippen LogP contribution in [0.25, 0.3) is 33.4 Å². The van der Waals surface area contributed by atoms with Gasteiger partial charge in [-0.25, -0.2) is 9.13 Å². The molecule has 0 aliphatic carbocycles. The highest BCUT2D eigenvalue weighted by atomic mass is 31.2. The van der Waals surface area contributed by atoms with E-state index in [9.17, 15) is 5.11 Å². The van der Waals surface area contributed by atoms with Crippen LogP contribution in [0.2, 0.25) is 0 Å². The first kappa shape index (κ1) is 32.4. The van der Waals surface area contributed by atoms with Crippen LogP contribution in [0.15, 0.2) is 127 Å². The third-order valence-corrected chi connectivity index (χ3v) is 5.43. The second-order valence-corrected chi connectivity index (χ2v) is 10.6. The van der Waals surface area contributed by atoms with Crippen LogP contribution in [-0.2, 0) is 9.13 Å². The SMILES string of the molecule is O=P(O)(O)O.O=P(O)(O)O.Oc1cc(-c2ccccc2)c(Oc2ccccc2)c(-c2ccccc2)c1-c1ccccc1. The molecule has 0 fully saturated rings. The van der Waals surface area contributed by atoms with E-state index in [1.165, 1.54) is 0 Å². The lowest BCUT2D eigenvalue weighted by Crippen LogP contribution is -1.96. The van der Waals surface area contributed by atoms with E-state index < -0.39 is 15.6 Å². The number of rotatable bonds is 5. The lowest BCUT2D eigenvalue weighted by atomic mass is 9.88. The molecule has 42 heavy (non-hydrogen) atoms. The highest BCUT2D eigenvalue weighted by Crippen LogP contribution is 2.50. The van der Waals surface area contributed by atoms with E-state index in [2.05, 4.69) is 0 Å². The van der Waals surface area contributed by atoms with Crippen LogP contribution in [0.3, 0.4) is 0 Å². The predicted octanol–water partition coefficient (Wildman–Crippen LogP) is 6.33. The minimum Gasteiger partial charge on any atom is -0.507 e. The van der Waals surface area contributed by atoms with Gasteiger partial charge < -0.3 is 39.2 Å². The van der Waals surface area contributed by atoms with Crippen molar-refractivity contribution in [1.82, 2.24) is 0 Å². The van der Waals surface area contributed by atoms with E-state index in [4.69, 9.17) is 43.2 Å². The van der Waals surface area contributed by atoms with E-state index in [1.807, 2.05) is 127 Å². The zero-order chi connectivity index (χ0) is 30.8. The molecule has 218 valence electrons. The summed E-state index contributed by atoms with van der Waals surface area (Å²) in [6.45, 7) is 0. The average Bonchev–Trinajstić information content (AvgIpc) is 2.94. The van der Waals surface area contributed by atoms with Crippen LogP contribution in [0.1, 0.15) is 0 Å². The monoisotopic (exact) mass is 610 g/mol. The molecule has 0 saturated heterocycles. The maximum Gasteiger partial charge on any atom is 0.466 e. The van der Waals surface area contributed by atoms with E-state index in [0.29, 0.717) is 5.75 Å². The van der Waals surface area contributed by atoms with Crippen molar-refractivity contribution in [2.75, 3.05) is 0 Å². The second-order valence-electron chi connectivity index (χ2n) is 8.56. The van der Waals surface area contributed by atoms with Crippen LogP contribution >= 0.6 is 15.6 Å². The Morgan fingerprint density at radius 1 is 0.476 bits per heavy atom. The van der Waals surface area contributed by atoms with Crippen molar-refractivity contribution in [3.05, 3.63) is 127 Å². The van der Waals surface area contributed by atoms with E-state index in [-0.39, 0.29) is 5.75 Å². The molecule has 7 N–H and O–H groups in total. The van der Waals surface area contributed by atoms with Crippen molar-refractivity contribution < 1.29 is 48.3 Å². The van der Waals surface area contributed by atoms with Gasteiger partial charge in [-0.05, 0) is 34.9 Å². The fraction of sp³-hybridized carbons (Fsp3) is 0. The minimum atomic E-state index is -4.64. The predicted molar refractivity (Wildman–Crippen MR) is 159 cm³/mol. The maximum absolute atomic E-state index is 11.3. The van der Waals surface area contributed by atoms with Gasteiger partial charge in [-0.1, -0.05) is 109 Å². The Balaban J connectivity index is 0.000000420. The number of phosphoric acid groups is 2. The van der Waals surface area contributed by atoms with Gasteiger partial charge in [0.2, 0.25) is 0 Å². The van der Waals surface area contributed by atoms with Gasteiger partial charge in [0.25, 0.3) is 0 Å². The molecule has 12 heteroatoms. The van der Waals surface area contributed by atoms with Gasteiger partial charge in [-0.15, -0.1) is 0 Å². The van der Waals surface area contributed by atoms with Crippen LogP contribution < -0.4 is 4.74 Å². The quantitative estimate of drug-likeness (QED) is 0.111. The van der Waals surface area contributed by atoms with E-state index >= 15 is 0 Å². The lowest BCUT2D eigenvalue weighted by molar-refractivity contribution is 0.272. The van der Waals surface area contributed by atoms with Crippen molar-refractivity contribution in [1.29, 1.82) is 0 Å². The molecule has 5 rings (SSSR count). The number of benzene rings is 5. The summed E-state index contributed by atoms with van der Waals surface area (Å²) in [6, 6.07) is 41.7. The summed E-state index contributed by atoms with van der Waals surface area (Å²) in [5.41, 5.74) is 5.34. The summed E-state index contributed by atoms with van der Waals surface area (Å²) in [5, 5.41) is 11.3. The van der Waals surface area contributed by atoms with Gasteiger partial charge >= 0.3 is 15.6 Å². The first-order chi connectivity index (χ1) is 19.8. The molecule has 5 aromatic rings. The van der Waals surface area contributed by atoms with Gasteiger partial charge in [-0.3, -0.25) is 0 Å². The molecule has 0 saturated carbocycles. The molecule has 0 heterocycles. The molecule has 0 atom stereocenters. The zero-order valence-corrected chi connectivity index (χ0v) is 23.7. The number of aromatic hydroxyl groups is 1. The van der Waals surface area contributed by atoms with Crippen molar-refractivity contribution in [2.24, 2.45) is 0 Å².